The van der Waals surface area contributed by atoms with E-state index in [0.29, 0.717) is 23.5 Å². The predicted octanol–water partition coefficient (Wildman–Crippen LogP) is 7.00. The number of aromatic nitrogens is 1. The molecular formula is C36H34N2O8S. The average molecular weight is 655 g/mol. The molecule has 2 unspecified atom stereocenters. The zero-order valence-corrected chi connectivity index (χ0v) is 26.7. The van der Waals surface area contributed by atoms with Gasteiger partial charge in [0.05, 0.1) is 31.6 Å². The molecule has 0 saturated carbocycles. The lowest BCUT2D eigenvalue weighted by molar-refractivity contribution is -0.151. The predicted molar refractivity (Wildman–Crippen MR) is 178 cm³/mol. The third kappa shape index (κ3) is 8.11. The van der Waals surface area contributed by atoms with Crippen molar-refractivity contribution >= 4 is 62.4 Å². The first kappa shape index (κ1) is 33.1. The number of oxazole rings is 1. The van der Waals surface area contributed by atoms with Gasteiger partial charge in [0.15, 0.2) is 5.58 Å². The molecule has 47 heavy (non-hydrogen) atoms. The van der Waals surface area contributed by atoms with Crippen molar-refractivity contribution in [3.8, 4) is 0 Å². The van der Waals surface area contributed by atoms with Crippen molar-refractivity contribution in [2.45, 2.75) is 44.7 Å². The van der Waals surface area contributed by atoms with E-state index in [1.807, 2.05) is 79.7 Å². The second kappa shape index (κ2) is 14.9. The highest BCUT2D eigenvalue weighted by Crippen LogP contribution is 2.33. The molecule has 2 heterocycles. The fraction of sp³-hybridized carbons (Fsp3) is 0.250. The largest absolute Gasteiger partial charge is 0.481 e. The summed E-state index contributed by atoms with van der Waals surface area (Å²) in [4.78, 5) is 56.6. The Bertz CT molecular complexity index is 1860. The minimum Gasteiger partial charge on any atom is -0.481 e. The van der Waals surface area contributed by atoms with Crippen LogP contribution in [0.2, 0.25) is 0 Å². The van der Waals surface area contributed by atoms with Gasteiger partial charge < -0.3 is 24.3 Å². The summed E-state index contributed by atoms with van der Waals surface area (Å²) >= 11 is 1.54. The molecule has 0 fully saturated rings. The summed E-state index contributed by atoms with van der Waals surface area (Å²) in [6, 6.07) is 23.8. The molecule has 10 nitrogen and oxygen atoms in total. The zero-order valence-electron chi connectivity index (χ0n) is 25.9. The van der Waals surface area contributed by atoms with Crippen LogP contribution in [0.15, 0.2) is 89.4 Å². The van der Waals surface area contributed by atoms with Crippen molar-refractivity contribution in [1.29, 1.82) is 0 Å². The summed E-state index contributed by atoms with van der Waals surface area (Å²) in [7, 11) is 1.31. The fourth-order valence-corrected chi connectivity index (χ4v) is 6.68. The Labute approximate surface area is 274 Å². The van der Waals surface area contributed by atoms with E-state index in [2.05, 4.69) is 4.98 Å². The number of amides is 1. The van der Waals surface area contributed by atoms with Gasteiger partial charge in [-0.1, -0.05) is 48.5 Å². The Hall–Kier alpha value is -5.29. The Kier molecular flexibility index (Phi) is 10.5. The number of rotatable bonds is 14. The van der Waals surface area contributed by atoms with Crippen LogP contribution in [-0.4, -0.2) is 57.1 Å². The third-order valence-corrected chi connectivity index (χ3v) is 9.21. The van der Waals surface area contributed by atoms with Gasteiger partial charge in [0.25, 0.3) is 0 Å². The Morgan fingerprint density at radius 1 is 0.979 bits per heavy atom. The normalized spacial score (nSPS) is 13.4. The molecule has 0 saturated heterocycles. The molecule has 0 aliphatic carbocycles. The number of carboxylic acids is 2. The highest BCUT2D eigenvalue weighted by atomic mass is 32.1. The van der Waals surface area contributed by atoms with Gasteiger partial charge >= 0.3 is 17.9 Å². The molecule has 0 bridgehead atoms. The number of hydrogen-bond donors (Lipinski definition) is 2. The van der Waals surface area contributed by atoms with Crippen LogP contribution in [-0.2, 0) is 25.7 Å². The van der Waals surface area contributed by atoms with Crippen molar-refractivity contribution in [3.05, 3.63) is 107 Å². The van der Waals surface area contributed by atoms with E-state index in [1.54, 1.807) is 23.1 Å². The lowest BCUT2D eigenvalue weighted by Crippen LogP contribution is -2.42. The van der Waals surface area contributed by atoms with Crippen molar-refractivity contribution in [2.24, 2.45) is 5.92 Å². The van der Waals surface area contributed by atoms with Crippen LogP contribution in [0.5, 0.6) is 0 Å². The minimum atomic E-state index is -1.38. The summed E-state index contributed by atoms with van der Waals surface area (Å²) in [5.74, 6) is -4.85. The topological polar surface area (TPSA) is 147 Å². The van der Waals surface area contributed by atoms with Crippen molar-refractivity contribution < 1.29 is 38.5 Å². The highest BCUT2D eigenvalue weighted by Gasteiger charge is 2.32. The van der Waals surface area contributed by atoms with E-state index >= 15 is 0 Å². The zero-order chi connectivity index (χ0) is 33.5. The smallest absolute Gasteiger partial charge is 0.337 e. The van der Waals surface area contributed by atoms with E-state index in [-0.39, 0.29) is 12.5 Å². The summed E-state index contributed by atoms with van der Waals surface area (Å²) in [6.07, 6.45) is 2.98. The van der Waals surface area contributed by atoms with E-state index in [0.717, 1.165) is 26.0 Å². The number of para-hydroxylation sites is 2. The van der Waals surface area contributed by atoms with Crippen LogP contribution in [0, 0.1) is 5.92 Å². The van der Waals surface area contributed by atoms with Gasteiger partial charge in [0, 0.05) is 28.0 Å². The molecule has 5 aromatic rings. The second-order valence-corrected chi connectivity index (χ2v) is 12.4. The number of allylic oxidation sites excluding steroid dienone is 1. The number of thiophene rings is 1. The van der Waals surface area contributed by atoms with Crippen molar-refractivity contribution in [2.75, 3.05) is 7.11 Å². The van der Waals surface area contributed by atoms with Crippen LogP contribution in [0.25, 0.3) is 27.3 Å². The average Bonchev–Trinajstić information content (AvgIpc) is 3.68. The monoisotopic (exact) mass is 654 g/mol. The number of nitrogens with zero attached hydrogens (tertiary/aromatic N) is 2. The highest BCUT2D eigenvalue weighted by molar-refractivity contribution is 7.19. The quantitative estimate of drug-likeness (QED) is 0.121. The molecule has 1 amide bonds. The number of carboxylic acid groups (broad SMARTS) is 2. The molecule has 0 aliphatic rings. The number of carbonyl (C=O) groups is 4. The Morgan fingerprint density at radius 2 is 1.70 bits per heavy atom. The van der Waals surface area contributed by atoms with Crippen LogP contribution < -0.4 is 0 Å². The first-order valence-corrected chi connectivity index (χ1v) is 15.9. The summed E-state index contributed by atoms with van der Waals surface area (Å²) < 4.78 is 11.8. The van der Waals surface area contributed by atoms with Crippen molar-refractivity contribution in [3.63, 3.8) is 0 Å². The first-order chi connectivity index (χ1) is 22.6. The number of fused-ring (bicyclic) bond motifs is 2. The number of benzene rings is 3. The molecular weight excluding hydrogens is 620 g/mol. The number of carbonyl (C=O) groups excluding carboxylic acids is 2. The van der Waals surface area contributed by atoms with Gasteiger partial charge in [-0.15, -0.1) is 11.3 Å². The number of methoxy groups -OCH3 is 1. The van der Waals surface area contributed by atoms with E-state index < -0.39 is 48.6 Å². The van der Waals surface area contributed by atoms with Crippen LogP contribution in [0.1, 0.15) is 58.8 Å². The van der Waals surface area contributed by atoms with Crippen molar-refractivity contribution in [1.82, 2.24) is 9.88 Å². The summed E-state index contributed by atoms with van der Waals surface area (Å²) in [6.45, 7) is 2.09. The Balaban J connectivity index is 1.50. The molecule has 2 N–H and O–H groups in total. The molecule has 0 spiro atoms. The maximum Gasteiger partial charge on any atom is 0.337 e. The minimum absolute atomic E-state index is 0.199. The van der Waals surface area contributed by atoms with Crippen LogP contribution in [0.4, 0.5) is 0 Å². The SMILES string of the molecule is COC(=O)c1ccc(C(C/C=C/c2nc3ccccc3o2)C(C)N(Cc2cc3ccccc3s2)C(=O)C[C@H](CC(=O)O)C(=O)O)cc1. The van der Waals surface area contributed by atoms with Gasteiger partial charge in [-0.25, -0.2) is 9.78 Å². The van der Waals surface area contributed by atoms with Crippen LogP contribution >= 0.6 is 11.3 Å². The number of esters is 1. The third-order valence-electron chi connectivity index (χ3n) is 8.11. The number of ether oxygens (including phenoxy) is 1. The summed E-state index contributed by atoms with van der Waals surface area (Å²) in [5.41, 5.74) is 2.59. The molecule has 5 rings (SSSR count). The molecule has 0 aliphatic heterocycles. The first-order valence-electron chi connectivity index (χ1n) is 15.0. The number of hydrogen-bond acceptors (Lipinski definition) is 8. The summed E-state index contributed by atoms with van der Waals surface area (Å²) in [5, 5.41) is 20.1. The van der Waals surface area contributed by atoms with E-state index in [9.17, 15) is 29.4 Å². The van der Waals surface area contributed by atoms with Gasteiger partial charge in [-0.2, -0.15) is 0 Å². The number of aliphatic carboxylic acids is 2. The Morgan fingerprint density at radius 3 is 2.38 bits per heavy atom. The fourth-order valence-electron chi connectivity index (χ4n) is 5.62. The maximum atomic E-state index is 14.0. The molecule has 242 valence electrons. The standard InChI is InChI=1S/C36H34N2O8S/c1-22(38(33(39)19-26(35(42)43)20-34(40)41)21-27-18-25-8-3-6-12-31(25)47-27)28(23-14-16-24(17-15-23)36(44)45-2)9-7-13-32-37-29-10-4-5-11-30(29)46-32/h3-8,10-18,22,26,28H,9,19-21H2,1-2H3,(H,40,41)(H,42,43)/b13-7+/t22?,26-,28?/m1/s1. The van der Waals surface area contributed by atoms with Gasteiger partial charge in [-0.3, -0.25) is 14.4 Å². The van der Waals surface area contributed by atoms with Gasteiger partial charge in [0.2, 0.25) is 11.8 Å². The molecule has 3 aromatic carbocycles. The lowest BCUT2D eigenvalue weighted by atomic mass is 9.87. The maximum absolute atomic E-state index is 14.0. The van der Waals surface area contributed by atoms with Crippen LogP contribution in [0.3, 0.4) is 0 Å². The second-order valence-electron chi connectivity index (χ2n) is 11.2. The van der Waals surface area contributed by atoms with E-state index in [4.69, 9.17) is 9.15 Å². The molecule has 0 radical (unpaired) electrons. The molecule has 3 atom stereocenters. The van der Waals surface area contributed by atoms with Gasteiger partial charge in [0.1, 0.15) is 5.52 Å². The van der Waals surface area contributed by atoms with E-state index in [1.165, 1.54) is 18.4 Å². The molecule has 11 heteroatoms. The molecule has 2 aromatic heterocycles. The lowest BCUT2D eigenvalue weighted by Gasteiger charge is -2.35. The van der Waals surface area contributed by atoms with Gasteiger partial charge in [-0.05, 0) is 66.8 Å².